The van der Waals surface area contributed by atoms with Gasteiger partial charge in [0.05, 0.1) is 12.0 Å². The predicted octanol–water partition coefficient (Wildman–Crippen LogP) is 0.228. The Balaban J connectivity index is 2.62. The summed E-state index contributed by atoms with van der Waals surface area (Å²) in [5.74, 6) is -0.689. The summed E-state index contributed by atoms with van der Waals surface area (Å²) in [5, 5.41) is 10.4. The molecule has 0 spiro atoms. The average molecular weight is 244 g/mol. The molecule has 0 aliphatic heterocycles. The van der Waals surface area contributed by atoms with Crippen LogP contribution in [-0.2, 0) is 14.6 Å². The van der Waals surface area contributed by atoms with Crippen molar-refractivity contribution < 1.29 is 13.2 Å². The normalized spacial score (nSPS) is 27.1. The topological polar surface area (TPSA) is 87.0 Å². The number of rotatable bonds is 3. The molecule has 0 heterocycles. The van der Waals surface area contributed by atoms with Gasteiger partial charge in [0.15, 0.2) is 9.84 Å². The number of nitrogens with one attached hydrogen (secondary N) is 1. The van der Waals surface area contributed by atoms with Crippen molar-refractivity contribution in [2.75, 3.05) is 6.26 Å². The Bertz CT molecular complexity index is 410. The highest BCUT2D eigenvalue weighted by atomic mass is 32.2. The summed E-state index contributed by atoms with van der Waals surface area (Å²) in [6, 6.07) is 1.94. The minimum absolute atomic E-state index is 0.185. The fourth-order valence-electron chi connectivity index (χ4n) is 1.78. The van der Waals surface area contributed by atoms with Crippen LogP contribution >= 0.6 is 0 Å². The smallest absolute Gasteiger partial charge is 0.238 e. The van der Waals surface area contributed by atoms with Gasteiger partial charge in [0.2, 0.25) is 5.91 Å². The summed E-state index contributed by atoms with van der Waals surface area (Å²) in [7, 11) is -3.36. The first-order chi connectivity index (χ1) is 7.36. The monoisotopic (exact) mass is 244 g/mol. The van der Waals surface area contributed by atoms with Crippen LogP contribution in [0.5, 0.6) is 0 Å². The van der Waals surface area contributed by atoms with Gasteiger partial charge in [-0.15, -0.1) is 0 Å². The second-order valence-corrected chi connectivity index (χ2v) is 6.62. The van der Waals surface area contributed by atoms with Crippen LogP contribution in [-0.4, -0.2) is 31.9 Å². The Morgan fingerprint density at radius 3 is 2.62 bits per heavy atom. The van der Waals surface area contributed by atoms with E-state index in [4.69, 9.17) is 5.26 Å². The van der Waals surface area contributed by atoms with Crippen molar-refractivity contribution in [3.63, 3.8) is 0 Å². The van der Waals surface area contributed by atoms with E-state index in [9.17, 15) is 13.2 Å². The lowest BCUT2D eigenvalue weighted by Crippen LogP contribution is -2.44. The third-order valence-electron chi connectivity index (χ3n) is 3.02. The molecule has 3 unspecified atom stereocenters. The standard InChI is InChI=1S/C10H16N2O3S/c1-7(16(2,14)15)10(13)12-9-5-3-4-8(9)6-11/h7-9H,3-5H2,1-2H3,(H,12,13). The molecule has 5 nitrogen and oxygen atoms in total. The van der Waals surface area contributed by atoms with Gasteiger partial charge in [-0.25, -0.2) is 8.42 Å². The molecule has 1 aliphatic rings. The van der Waals surface area contributed by atoms with Crippen LogP contribution in [0, 0.1) is 17.2 Å². The number of nitrogens with zero attached hydrogens (tertiary/aromatic N) is 1. The quantitative estimate of drug-likeness (QED) is 0.769. The van der Waals surface area contributed by atoms with Gasteiger partial charge in [0.1, 0.15) is 5.25 Å². The highest BCUT2D eigenvalue weighted by molar-refractivity contribution is 7.92. The second kappa shape index (κ2) is 4.83. The molecule has 0 aromatic rings. The summed E-state index contributed by atoms with van der Waals surface area (Å²) in [5.41, 5.74) is 0. The van der Waals surface area contributed by atoms with Crippen LogP contribution in [0.1, 0.15) is 26.2 Å². The molecule has 1 fully saturated rings. The van der Waals surface area contributed by atoms with E-state index in [1.165, 1.54) is 6.92 Å². The molecular formula is C10H16N2O3S. The zero-order valence-corrected chi connectivity index (χ0v) is 10.3. The molecule has 1 N–H and O–H groups in total. The molecule has 0 bridgehead atoms. The van der Waals surface area contributed by atoms with Crippen LogP contribution in [0.15, 0.2) is 0 Å². The molecule has 6 heteroatoms. The van der Waals surface area contributed by atoms with Crippen molar-refractivity contribution in [3.05, 3.63) is 0 Å². The maximum absolute atomic E-state index is 11.6. The van der Waals surface area contributed by atoms with Gasteiger partial charge in [-0.2, -0.15) is 5.26 Å². The maximum atomic E-state index is 11.6. The molecular weight excluding hydrogens is 228 g/mol. The van der Waals surface area contributed by atoms with Gasteiger partial charge in [-0.05, 0) is 26.2 Å². The summed E-state index contributed by atoms with van der Waals surface area (Å²) in [6.07, 6.45) is 3.46. The van der Waals surface area contributed by atoms with Crippen molar-refractivity contribution in [1.82, 2.24) is 5.32 Å². The zero-order chi connectivity index (χ0) is 12.3. The van der Waals surface area contributed by atoms with Crippen LogP contribution < -0.4 is 5.32 Å². The van der Waals surface area contributed by atoms with Gasteiger partial charge < -0.3 is 5.32 Å². The zero-order valence-electron chi connectivity index (χ0n) is 9.43. The minimum atomic E-state index is -3.36. The Morgan fingerprint density at radius 2 is 2.12 bits per heavy atom. The molecule has 0 aromatic carbocycles. The fraction of sp³-hybridized carbons (Fsp3) is 0.800. The minimum Gasteiger partial charge on any atom is -0.351 e. The largest absolute Gasteiger partial charge is 0.351 e. The van der Waals surface area contributed by atoms with Crippen LogP contribution in [0.3, 0.4) is 0 Å². The first-order valence-corrected chi connectivity index (χ1v) is 7.20. The van der Waals surface area contributed by atoms with E-state index in [0.29, 0.717) is 0 Å². The predicted molar refractivity (Wildman–Crippen MR) is 59.2 cm³/mol. The lowest BCUT2D eigenvalue weighted by Gasteiger charge is -2.18. The molecule has 0 radical (unpaired) electrons. The lowest BCUT2D eigenvalue weighted by molar-refractivity contribution is -0.121. The molecule has 90 valence electrons. The molecule has 1 saturated carbocycles. The van der Waals surface area contributed by atoms with Gasteiger partial charge >= 0.3 is 0 Å². The van der Waals surface area contributed by atoms with Gasteiger partial charge in [-0.1, -0.05) is 0 Å². The number of hydrogen-bond acceptors (Lipinski definition) is 4. The van der Waals surface area contributed by atoms with Crippen molar-refractivity contribution >= 4 is 15.7 Å². The number of nitriles is 1. The summed E-state index contributed by atoms with van der Waals surface area (Å²) in [6.45, 7) is 1.36. The van der Waals surface area contributed by atoms with Crippen LogP contribution in [0.2, 0.25) is 0 Å². The molecule has 16 heavy (non-hydrogen) atoms. The summed E-state index contributed by atoms with van der Waals surface area (Å²) < 4.78 is 22.3. The lowest BCUT2D eigenvalue weighted by atomic mass is 10.1. The SMILES string of the molecule is CC(C(=O)NC1CCCC1C#N)S(C)(=O)=O. The van der Waals surface area contributed by atoms with Gasteiger partial charge in [0, 0.05) is 12.3 Å². The van der Waals surface area contributed by atoms with E-state index in [0.717, 1.165) is 25.5 Å². The Hall–Kier alpha value is -1.09. The molecule has 1 aliphatic carbocycles. The van der Waals surface area contributed by atoms with E-state index in [1.807, 2.05) is 0 Å². The van der Waals surface area contributed by atoms with Gasteiger partial charge in [-0.3, -0.25) is 4.79 Å². The molecule has 3 atom stereocenters. The number of carbonyl (C=O) groups excluding carboxylic acids is 1. The Kier molecular flexibility index (Phi) is 3.92. The van der Waals surface area contributed by atoms with Crippen molar-refractivity contribution in [1.29, 1.82) is 5.26 Å². The van der Waals surface area contributed by atoms with E-state index in [-0.39, 0.29) is 12.0 Å². The van der Waals surface area contributed by atoms with E-state index in [1.54, 1.807) is 0 Å². The molecule has 0 aromatic heterocycles. The van der Waals surface area contributed by atoms with E-state index < -0.39 is 21.0 Å². The number of carbonyl (C=O) groups is 1. The number of amides is 1. The van der Waals surface area contributed by atoms with Crippen LogP contribution in [0.4, 0.5) is 0 Å². The summed E-state index contributed by atoms with van der Waals surface area (Å²) in [4.78, 5) is 11.6. The number of sulfone groups is 1. The third-order valence-corrected chi connectivity index (χ3v) is 4.52. The van der Waals surface area contributed by atoms with Crippen LogP contribution in [0.25, 0.3) is 0 Å². The molecule has 1 amide bonds. The average Bonchev–Trinajstić information content (AvgIpc) is 2.62. The van der Waals surface area contributed by atoms with Crippen molar-refractivity contribution in [2.24, 2.45) is 5.92 Å². The first kappa shape index (κ1) is 13.0. The Morgan fingerprint density at radius 1 is 1.50 bits per heavy atom. The van der Waals surface area contributed by atoms with Crippen molar-refractivity contribution in [3.8, 4) is 6.07 Å². The summed E-state index contributed by atoms with van der Waals surface area (Å²) >= 11 is 0. The van der Waals surface area contributed by atoms with E-state index in [2.05, 4.69) is 11.4 Å². The van der Waals surface area contributed by atoms with Gasteiger partial charge in [0.25, 0.3) is 0 Å². The first-order valence-electron chi connectivity index (χ1n) is 5.25. The molecule has 0 saturated heterocycles. The maximum Gasteiger partial charge on any atom is 0.238 e. The highest BCUT2D eigenvalue weighted by Gasteiger charge is 2.31. The van der Waals surface area contributed by atoms with Crippen molar-refractivity contribution in [2.45, 2.75) is 37.5 Å². The highest BCUT2D eigenvalue weighted by Crippen LogP contribution is 2.24. The third kappa shape index (κ3) is 2.95. The Labute approximate surface area is 95.7 Å². The fourth-order valence-corrected chi connectivity index (χ4v) is 2.24. The number of hydrogen-bond donors (Lipinski definition) is 1. The molecule has 1 rings (SSSR count). The second-order valence-electron chi connectivity index (χ2n) is 4.25. The van der Waals surface area contributed by atoms with E-state index >= 15 is 0 Å².